The van der Waals surface area contributed by atoms with E-state index < -0.39 is 0 Å². The zero-order valence-electron chi connectivity index (χ0n) is 5.80. The summed E-state index contributed by atoms with van der Waals surface area (Å²) in [4.78, 5) is 0. The van der Waals surface area contributed by atoms with Gasteiger partial charge in [0.1, 0.15) is 0 Å². The normalized spacial score (nSPS) is 16.2. The summed E-state index contributed by atoms with van der Waals surface area (Å²) >= 11 is 0. The fourth-order valence-electron chi connectivity index (χ4n) is 0.526. The molecular formula is C7H14N2. The molecule has 0 aromatic rings. The van der Waals surface area contributed by atoms with Crippen LogP contribution in [0.4, 0.5) is 0 Å². The highest BCUT2D eigenvalue weighted by Gasteiger charge is 1.98. The Morgan fingerprint density at radius 1 is 1.44 bits per heavy atom. The first-order valence-electron chi connectivity index (χ1n) is 3.14. The zero-order chi connectivity index (χ0) is 7.28. The second-order valence-electron chi connectivity index (χ2n) is 2.33. The summed E-state index contributed by atoms with van der Waals surface area (Å²) in [6.07, 6.45) is 6.78. The lowest BCUT2D eigenvalue weighted by molar-refractivity contribution is 0.597. The predicted molar refractivity (Wildman–Crippen MR) is 39.7 cm³/mol. The average molecular weight is 126 g/mol. The van der Waals surface area contributed by atoms with Crippen LogP contribution in [-0.2, 0) is 0 Å². The van der Waals surface area contributed by atoms with Crippen LogP contribution in [0.5, 0.6) is 0 Å². The van der Waals surface area contributed by atoms with Gasteiger partial charge >= 0.3 is 0 Å². The van der Waals surface area contributed by atoms with Crippen molar-refractivity contribution in [2.24, 2.45) is 11.5 Å². The highest BCUT2D eigenvalue weighted by atomic mass is 14.6. The largest absolute Gasteiger partial charge is 0.328 e. The molecule has 0 heterocycles. The summed E-state index contributed by atoms with van der Waals surface area (Å²) in [6, 6.07) is 0.0976. The van der Waals surface area contributed by atoms with Gasteiger partial charge in [-0.1, -0.05) is 5.92 Å². The summed E-state index contributed by atoms with van der Waals surface area (Å²) in [5.41, 5.74) is 10.9. The molecule has 0 saturated heterocycles. The second-order valence-corrected chi connectivity index (χ2v) is 2.33. The first-order chi connectivity index (χ1) is 4.16. The molecule has 2 atom stereocenters. The predicted octanol–water partition coefficient (Wildman–Crippen LogP) is 0.0743. The van der Waals surface area contributed by atoms with Crippen LogP contribution in [-0.4, -0.2) is 12.1 Å². The molecular weight excluding hydrogens is 112 g/mol. The van der Waals surface area contributed by atoms with E-state index in [1.165, 1.54) is 0 Å². The fourth-order valence-corrected chi connectivity index (χ4v) is 0.526. The number of nitrogens with two attached hydrogens (primary N) is 2. The third kappa shape index (κ3) is 5.35. The molecule has 9 heavy (non-hydrogen) atoms. The maximum atomic E-state index is 5.47. The van der Waals surface area contributed by atoms with E-state index in [9.17, 15) is 0 Å². The van der Waals surface area contributed by atoms with Gasteiger partial charge < -0.3 is 11.5 Å². The molecule has 0 aliphatic rings. The van der Waals surface area contributed by atoms with Crippen LogP contribution < -0.4 is 11.5 Å². The second kappa shape index (κ2) is 4.37. The van der Waals surface area contributed by atoms with Gasteiger partial charge in [-0.2, -0.15) is 0 Å². The smallest absolute Gasteiger partial charge is 0.0662 e. The molecule has 0 aliphatic heterocycles. The van der Waals surface area contributed by atoms with Crippen molar-refractivity contribution in [3.63, 3.8) is 0 Å². The van der Waals surface area contributed by atoms with Gasteiger partial charge in [-0.3, -0.25) is 0 Å². The lowest BCUT2D eigenvalue weighted by Crippen LogP contribution is -2.22. The molecule has 2 nitrogen and oxygen atoms in total. The standard InChI is InChI=1S/C7H14N2/c1-3-7(9)5-4-6(2)8/h1,6-7H,4-5,8-9H2,2H3/t6-,7+/m1/s1. The molecule has 4 N–H and O–H groups in total. The van der Waals surface area contributed by atoms with Crippen molar-refractivity contribution in [3.8, 4) is 12.3 Å². The average Bonchev–Trinajstić information content (AvgIpc) is 1.83. The molecule has 0 radical (unpaired) electrons. The molecule has 0 rings (SSSR count). The number of hydrogen-bond donors (Lipinski definition) is 2. The van der Waals surface area contributed by atoms with Crippen LogP contribution in [0, 0.1) is 12.3 Å². The molecule has 2 heteroatoms. The summed E-state index contributed by atoms with van der Waals surface area (Å²) in [7, 11) is 0. The first-order valence-corrected chi connectivity index (χ1v) is 3.14. The molecule has 0 saturated carbocycles. The van der Waals surface area contributed by atoms with Gasteiger partial charge in [-0.15, -0.1) is 6.42 Å². The van der Waals surface area contributed by atoms with Gasteiger partial charge in [-0.25, -0.2) is 0 Å². The van der Waals surface area contributed by atoms with Crippen molar-refractivity contribution >= 4 is 0 Å². The number of rotatable bonds is 3. The third-order valence-corrected chi connectivity index (χ3v) is 1.15. The van der Waals surface area contributed by atoms with Crippen molar-refractivity contribution in [3.05, 3.63) is 0 Å². The van der Waals surface area contributed by atoms with E-state index in [0.29, 0.717) is 0 Å². The number of hydrogen-bond acceptors (Lipinski definition) is 2. The van der Waals surface area contributed by atoms with Gasteiger partial charge in [0.2, 0.25) is 0 Å². The molecule has 0 spiro atoms. The summed E-state index contributed by atoms with van der Waals surface area (Å²) < 4.78 is 0. The summed E-state index contributed by atoms with van der Waals surface area (Å²) in [6.45, 7) is 1.95. The Bertz CT molecular complexity index is 102. The molecule has 0 aromatic carbocycles. The minimum Gasteiger partial charge on any atom is -0.328 e. The Labute approximate surface area is 56.6 Å². The summed E-state index contributed by atoms with van der Waals surface area (Å²) in [5, 5.41) is 0. The molecule has 0 bridgehead atoms. The van der Waals surface area contributed by atoms with Crippen LogP contribution >= 0.6 is 0 Å². The quantitative estimate of drug-likeness (QED) is 0.526. The lowest BCUT2D eigenvalue weighted by atomic mass is 10.1. The van der Waals surface area contributed by atoms with Crippen LogP contribution in [0.15, 0.2) is 0 Å². The highest BCUT2D eigenvalue weighted by Crippen LogP contribution is 1.95. The van der Waals surface area contributed by atoms with Gasteiger partial charge in [0.05, 0.1) is 6.04 Å². The van der Waals surface area contributed by atoms with Crippen molar-refractivity contribution in [2.75, 3.05) is 0 Å². The van der Waals surface area contributed by atoms with Crippen molar-refractivity contribution in [2.45, 2.75) is 31.8 Å². The maximum Gasteiger partial charge on any atom is 0.0662 e. The van der Waals surface area contributed by atoms with Gasteiger partial charge in [0, 0.05) is 6.04 Å². The van der Waals surface area contributed by atoms with E-state index >= 15 is 0 Å². The van der Waals surface area contributed by atoms with Gasteiger partial charge in [0.25, 0.3) is 0 Å². The van der Waals surface area contributed by atoms with Gasteiger partial charge in [-0.05, 0) is 19.8 Å². The van der Waals surface area contributed by atoms with E-state index in [4.69, 9.17) is 17.9 Å². The Morgan fingerprint density at radius 2 is 2.00 bits per heavy atom. The minimum absolute atomic E-state index is 0.115. The van der Waals surface area contributed by atoms with Crippen LogP contribution in [0.3, 0.4) is 0 Å². The zero-order valence-corrected chi connectivity index (χ0v) is 5.80. The minimum atomic E-state index is -0.115. The van der Waals surface area contributed by atoms with Crippen LogP contribution in [0.25, 0.3) is 0 Å². The topological polar surface area (TPSA) is 52.0 Å². The van der Waals surface area contributed by atoms with Crippen LogP contribution in [0.2, 0.25) is 0 Å². The SMILES string of the molecule is C#C[C@H](N)CC[C@@H](C)N. The highest BCUT2D eigenvalue weighted by molar-refractivity contribution is 4.96. The van der Waals surface area contributed by atoms with E-state index in [0.717, 1.165) is 12.8 Å². The van der Waals surface area contributed by atoms with Crippen molar-refractivity contribution < 1.29 is 0 Å². The maximum absolute atomic E-state index is 5.47. The molecule has 0 unspecified atom stereocenters. The van der Waals surface area contributed by atoms with Crippen molar-refractivity contribution in [1.29, 1.82) is 0 Å². The van der Waals surface area contributed by atoms with E-state index in [2.05, 4.69) is 5.92 Å². The molecule has 0 aliphatic carbocycles. The Balaban J connectivity index is 3.19. The summed E-state index contributed by atoms with van der Waals surface area (Å²) in [5.74, 6) is 2.44. The van der Waals surface area contributed by atoms with E-state index in [1.807, 2.05) is 6.92 Å². The molecule has 0 aromatic heterocycles. The third-order valence-electron chi connectivity index (χ3n) is 1.15. The Kier molecular flexibility index (Phi) is 4.12. The van der Waals surface area contributed by atoms with Gasteiger partial charge in [0.15, 0.2) is 0 Å². The first kappa shape index (κ1) is 8.48. The lowest BCUT2D eigenvalue weighted by Gasteiger charge is -2.05. The van der Waals surface area contributed by atoms with E-state index in [1.54, 1.807) is 0 Å². The molecule has 0 fully saturated rings. The Hall–Kier alpha value is -0.520. The molecule has 52 valence electrons. The fraction of sp³-hybridized carbons (Fsp3) is 0.714. The van der Waals surface area contributed by atoms with Crippen molar-refractivity contribution in [1.82, 2.24) is 0 Å². The molecule has 0 amide bonds. The Morgan fingerprint density at radius 3 is 2.33 bits per heavy atom. The van der Waals surface area contributed by atoms with Crippen LogP contribution in [0.1, 0.15) is 19.8 Å². The van der Waals surface area contributed by atoms with E-state index in [-0.39, 0.29) is 12.1 Å². The monoisotopic (exact) mass is 126 g/mol. The number of terminal acetylenes is 1.